The number of rotatable bonds is 3. The predicted molar refractivity (Wildman–Crippen MR) is 71.6 cm³/mol. The first-order valence-corrected chi connectivity index (χ1v) is 6.15. The number of pyridine rings is 1. The highest BCUT2D eigenvalue weighted by Crippen LogP contribution is 2.08. The maximum atomic E-state index is 9.01. The molecule has 0 aliphatic rings. The number of aryl methyl sites for hydroxylation is 2. The van der Waals surface area contributed by atoms with Gasteiger partial charge < -0.3 is 0 Å². The zero-order chi connectivity index (χ0) is 13.1. The van der Waals surface area contributed by atoms with Gasteiger partial charge >= 0.3 is 0 Å². The van der Waals surface area contributed by atoms with Crippen LogP contribution in [0.4, 0.5) is 0 Å². The van der Waals surface area contributed by atoms with E-state index in [1.54, 1.807) is 10.6 Å². The monoisotopic (exact) mass is 248 g/mol. The topological polar surface area (TPSA) is 54.0 Å². The van der Waals surface area contributed by atoms with Gasteiger partial charge in [-0.25, -0.2) is 9.50 Å². The number of nitrogens with zero attached hydrogens (tertiary/aromatic N) is 4. The van der Waals surface area contributed by atoms with Crippen molar-refractivity contribution in [3.63, 3.8) is 0 Å². The van der Waals surface area contributed by atoms with E-state index in [-0.39, 0.29) is 0 Å². The summed E-state index contributed by atoms with van der Waals surface area (Å²) >= 11 is 0. The van der Waals surface area contributed by atoms with Gasteiger partial charge in [-0.3, -0.25) is 0 Å². The highest BCUT2D eigenvalue weighted by Gasteiger charge is 2.06. The van der Waals surface area contributed by atoms with Crippen molar-refractivity contribution in [3.05, 3.63) is 65.6 Å². The lowest BCUT2D eigenvalue weighted by Gasteiger charge is -1.96. The number of benzene rings is 1. The van der Waals surface area contributed by atoms with Crippen molar-refractivity contribution >= 4 is 5.65 Å². The summed E-state index contributed by atoms with van der Waals surface area (Å²) < 4.78 is 1.60. The lowest BCUT2D eigenvalue weighted by Crippen LogP contribution is -1.96. The van der Waals surface area contributed by atoms with Crippen LogP contribution >= 0.6 is 0 Å². The van der Waals surface area contributed by atoms with Crippen LogP contribution in [0.5, 0.6) is 0 Å². The van der Waals surface area contributed by atoms with Gasteiger partial charge in [-0.15, -0.1) is 0 Å². The molecule has 1 aromatic carbocycles. The van der Waals surface area contributed by atoms with Crippen molar-refractivity contribution in [2.24, 2.45) is 0 Å². The average Bonchev–Trinajstić information content (AvgIpc) is 2.89. The summed E-state index contributed by atoms with van der Waals surface area (Å²) in [6.45, 7) is 0. The summed E-state index contributed by atoms with van der Waals surface area (Å²) in [5, 5.41) is 13.4. The Bertz CT molecular complexity index is 738. The first kappa shape index (κ1) is 11.4. The second kappa shape index (κ2) is 4.91. The Kier molecular flexibility index (Phi) is 2.95. The van der Waals surface area contributed by atoms with Gasteiger partial charge in [-0.1, -0.05) is 36.4 Å². The highest BCUT2D eigenvalue weighted by molar-refractivity contribution is 5.42. The lowest BCUT2D eigenvalue weighted by atomic mass is 10.1. The average molecular weight is 248 g/mol. The van der Waals surface area contributed by atoms with Crippen molar-refractivity contribution in [3.8, 4) is 6.07 Å². The summed E-state index contributed by atoms with van der Waals surface area (Å²) in [5.74, 6) is 0.770. The van der Waals surface area contributed by atoms with E-state index in [0.29, 0.717) is 5.69 Å². The fourth-order valence-electron chi connectivity index (χ4n) is 2.04. The van der Waals surface area contributed by atoms with Gasteiger partial charge in [0.05, 0.1) is 0 Å². The zero-order valence-electron chi connectivity index (χ0n) is 10.3. The van der Waals surface area contributed by atoms with Gasteiger partial charge in [0.1, 0.15) is 11.8 Å². The largest absolute Gasteiger partial charge is 0.212 e. The Labute approximate surface area is 111 Å². The van der Waals surface area contributed by atoms with Crippen molar-refractivity contribution in [2.75, 3.05) is 0 Å². The molecule has 0 unspecified atom stereocenters. The Hall–Kier alpha value is -2.67. The van der Waals surface area contributed by atoms with E-state index in [9.17, 15) is 0 Å². The summed E-state index contributed by atoms with van der Waals surface area (Å²) in [4.78, 5) is 4.44. The van der Waals surface area contributed by atoms with E-state index in [1.165, 1.54) is 5.56 Å². The molecular formula is C15H12N4. The molecule has 0 amide bonds. The zero-order valence-corrected chi connectivity index (χ0v) is 10.3. The molecule has 0 radical (unpaired) electrons. The van der Waals surface area contributed by atoms with E-state index < -0.39 is 0 Å². The van der Waals surface area contributed by atoms with Crippen LogP contribution in [0.15, 0.2) is 48.5 Å². The summed E-state index contributed by atoms with van der Waals surface area (Å²) in [6.07, 6.45) is 1.68. The van der Waals surface area contributed by atoms with E-state index in [0.717, 1.165) is 24.3 Å². The second-order valence-corrected chi connectivity index (χ2v) is 4.31. The maximum Gasteiger partial charge on any atom is 0.157 e. The number of fused-ring (bicyclic) bond motifs is 1. The van der Waals surface area contributed by atoms with E-state index in [4.69, 9.17) is 5.26 Å². The van der Waals surface area contributed by atoms with Crippen LogP contribution in [0.3, 0.4) is 0 Å². The molecule has 19 heavy (non-hydrogen) atoms. The van der Waals surface area contributed by atoms with Gasteiger partial charge in [-0.05, 0) is 24.1 Å². The molecule has 4 heteroatoms. The van der Waals surface area contributed by atoms with Gasteiger partial charge in [-0.2, -0.15) is 10.4 Å². The number of hydrogen-bond acceptors (Lipinski definition) is 3. The normalized spacial score (nSPS) is 10.5. The van der Waals surface area contributed by atoms with Crippen molar-refractivity contribution in [1.82, 2.24) is 14.6 Å². The van der Waals surface area contributed by atoms with Crippen LogP contribution in [0.1, 0.15) is 17.1 Å². The molecule has 0 spiro atoms. The molecule has 0 saturated heterocycles. The Morgan fingerprint density at radius 1 is 1.00 bits per heavy atom. The van der Waals surface area contributed by atoms with Gasteiger partial charge in [0.2, 0.25) is 0 Å². The van der Waals surface area contributed by atoms with E-state index >= 15 is 0 Å². The maximum absolute atomic E-state index is 9.01. The van der Waals surface area contributed by atoms with Crippen LogP contribution in [-0.2, 0) is 12.8 Å². The molecule has 3 aromatic rings. The third kappa shape index (κ3) is 2.31. The first-order valence-electron chi connectivity index (χ1n) is 6.15. The molecular weight excluding hydrogens is 236 g/mol. The molecule has 0 fully saturated rings. The molecule has 2 heterocycles. The molecule has 0 N–H and O–H groups in total. The molecule has 3 rings (SSSR count). The van der Waals surface area contributed by atoms with Gasteiger partial charge in [0.15, 0.2) is 11.5 Å². The lowest BCUT2D eigenvalue weighted by molar-refractivity contribution is 0.831. The fourth-order valence-corrected chi connectivity index (χ4v) is 2.04. The number of hydrogen-bond donors (Lipinski definition) is 0. The quantitative estimate of drug-likeness (QED) is 0.715. The third-order valence-electron chi connectivity index (χ3n) is 3.00. The predicted octanol–water partition coefficient (Wildman–Crippen LogP) is 2.39. The second-order valence-electron chi connectivity index (χ2n) is 4.31. The van der Waals surface area contributed by atoms with Crippen LogP contribution in [0.2, 0.25) is 0 Å². The Balaban J connectivity index is 1.85. The third-order valence-corrected chi connectivity index (χ3v) is 3.00. The SMILES string of the molecule is N#Cc1cccc2nc(CCc3ccccc3)nn12. The van der Waals surface area contributed by atoms with Crippen LogP contribution < -0.4 is 0 Å². The molecule has 2 aromatic heterocycles. The highest BCUT2D eigenvalue weighted by atomic mass is 15.3. The summed E-state index contributed by atoms with van der Waals surface area (Å²) in [6, 6.07) is 17.8. The van der Waals surface area contributed by atoms with Gasteiger partial charge in [0.25, 0.3) is 0 Å². The Morgan fingerprint density at radius 2 is 1.84 bits per heavy atom. The van der Waals surface area contributed by atoms with Crippen molar-refractivity contribution < 1.29 is 0 Å². The smallest absolute Gasteiger partial charge is 0.157 e. The minimum Gasteiger partial charge on any atom is -0.212 e. The summed E-state index contributed by atoms with van der Waals surface area (Å²) in [7, 11) is 0. The summed E-state index contributed by atoms with van der Waals surface area (Å²) in [5.41, 5.74) is 2.50. The van der Waals surface area contributed by atoms with Gasteiger partial charge in [0, 0.05) is 6.42 Å². The minimum absolute atomic E-state index is 0.510. The van der Waals surface area contributed by atoms with Crippen molar-refractivity contribution in [2.45, 2.75) is 12.8 Å². The van der Waals surface area contributed by atoms with Crippen LogP contribution in [0, 0.1) is 11.3 Å². The molecule has 4 nitrogen and oxygen atoms in total. The number of aromatic nitrogens is 3. The molecule has 0 saturated carbocycles. The molecule has 0 atom stereocenters. The Morgan fingerprint density at radius 3 is 2.63 bits per heavy atom. The molecule has 0 aliphatic carbocycles. The van der Waals surface area contributed by atoms with E-state index in [2.05, 4.69) is 28.3 Å². The first-order chi connectivity index (χ1) is 9.36. The molecule has 92 valence electrons. The minimum atomic E-state index is 0.510. The van der Waals surface area contributed by atoms with E-state index in [1.807, 2.05) is 30.3 Å². The standard InChI is InChI=1S/C15H12N4/c16-11-13-7-4-8-15-17-14(18-19(13)15)10-9-12-5-2-1-3-6-12/h1-8H,9-10H2. The van der Waals surface area contributed by atoms with Crippen molar-refractivity contribution in [1.29, 1.82) is 5.26 Å². The molecule has 0 aliphatic heterocycles. The fraction of sp³-hybridized carbons (Fsp3) is 0.133. The van der Waals surface area contributed by atoms with Crippen LogP contribution in [-0.4, -0.2) is 14.6 Å². The molecule has 0 bridgehead atoms. The van der Waals surface area contributed by atoms with Crippen LogP contribution in [0.25, 0.3) is 5.65 Å². The number of nitriles is 1.